The summed E-state index contributed by atoms with van der Waals surface area (Å²) in [5.74, 6) is 0.0995. The Bertz CT molecular complexity index is 1320. The van der Waals surface area contributed by atoms with Crippen molar-refractivity contribution in [2.24, 2.45) is 5.92 Å². The van der Waals surface area contributed by atoms with Gasteiger partial charge in [0.2, 0.25) is 0 Å². The Hall–Kier alpha value is -3.38. The predicted molar refractivity (Wildman–Crippen MR) is 130 cm³/mol. The number of piperidine rings is 1. The topological polar surface area (TPSA) is 67.3 Å². The van der Waals surface area contributed by atoms with Gasteiger partial charge in [0.05, 0.1) is 16.6 Å². The Labute approximate surface area is 193 Å². The number of nitrogens with one attached hydrogen (secondary N) is 1. The van der Waals surface area contributed by atoms with E-state index in [9.17, 15) is 9.59 Å². The number of H-pyrrole nitrogens is 1. The van der Waals surface area contributed by atoms with Crippen molar-refractivity contribution in [3.63, 3.8) is 0 Å². The van der Waals surface area contributed by atoms with Crippen LogP contribution in [0.3, 0.4) is 0 Å². The first-order valence-electron chi connectivity index (χ1n) is 11.7. The van der Waals surface area contributed by atoms with Crippen molar-refractivity contribution in [3.8, 4) is 0 Å². The van der Waals surface area contributed by atoms with Crippen molar-refractivity contribution in [1.82, 2.24) is 14.5 Å². The van der Waals surface area contributed by atoms with E-state index in [0.717, 1.165) is 35.9 Å². The van der Waals surface area contributed by atoms with E-state index >= 15 is 0 Å². The molecule has 1 aliphatic rings. The van der Waals surface area contributed by atoms with E-state index in [1.54, 1.807) is 17.0 Å². The lowest BCUT2D eigenvalue weighted by Crippen LogP contribution is -2.39. The summed E-state index contributed by atoms with van der Waals surface area (Å²) < 4.78 is 7.38. The first kappa shape index (κ1) is 21.5. The predicted octanol–water partition coefficient (Wildman–Crippen LogP) is 5.09. The Morgan fingerprint density at radius 1 is 1.09 bits per heavy atom. The average Bonchev–Trinajstić information content (AvgIpc) is 3.41. The molecule has 1 aliphatic heterocycles. The molecule has 4 aromatic rings. The Morgan fingerprint density at radius 3 is 2.67 bits per heavy atom. The number of nitrogens with zero attached hydrogens (tertiary/aromatic N) is 2. The first-order chi connectivity index (χ1) is 16.0. The number of hydrogen-bond acceptors (Lipinski definition) is 4. The van der Waals surface area contributed by atoms with Crippen molar-refractivity contribution in [1.29, 1.82) is 0 Å². The molecule has 2 aromatic carbocycles. The minimum Gasteiger partial charge on any atom is -0.458 e. The van der Waals surface area contributed by atoms with Crippen LogP contribution in [0.25, 0.3) is 21.8 Å². The molecule has 6 heteroatoms. The molecule has 0 saturated carbocycles. The van der Waals surface area contributed by atoms with Gasteiger partial charge in [0.25, 0.3) is 5.91 Å². The molecule has 3 heterocycles. The smallest absolute Gasteiger partial charge is 0.340 e. The minimum absolute atomic E-state index is 0.182. The summed E-state index contributed by atoms with van der Waals surface area (Å²) in [6.45, 7) is 7.02. The highest BCUT2D eigenvalue weighted by atomic mass is 16.5. The van der Waals surface area contributed by atoms with E-state index in [2.05, 4.69) is 16.8 Å². The minimum atomic E-state index is -0.394. The summed E-state index contributed by atoms with van der Waals surface area (Å²) in [6, 6.07) is 15.2. The van der Waals surface area contributed by atoms with Crippen LogP contribution >= 0.6 is 0 Å². The van der Waals surface area contributed by atoms with Crippen molar-refractivity contribution in [2.75, 3.05) is 19.6 Å². The average molecular weight is 444 g/mol. The molecule has 0 spiro atoms. The lowest BCUT2D eigenvalue weighted by molar-refractivity contribution is 0.0217. The van der Waals surface area contributed by atoms with Gasteiger partial charge in [0, 0.05) is 41.8 Å². The molecule has 5 rings (SSSR count). The van der Waals surface area contributed by atoms with Gasteiger partial charge in [-0.15, -0.1) is 0 Å². The highest BCUT2D eigenvalue weighted by Gasteiger charge is 2.24. The van der Waals surface area contributed by atoms with Gasteiger partial charge >= 0.3 is 5.97 Å². The molecule has 33 heavy (non-hydrogen) atoms. The molecular weight excluding hydrogens is 414 g/mol. The van der Waals surface area contributed by atoms with E-state index in [0.29, 0.717) is 22.6 Å². The monoisotopic (exact) mass is 443 g/mol. The fourth-order valence-electron chi connectivity index (χ4n) is 4.99. The van der Waals surface area contributed by atoms with Crippen molar-refractivity contribution < 1.29 is 14.3 Å². The number of esters is 1. The molecule has 0 radical (unpaired) electrons. The SMILES string of the molecule is CC1CCCN(CC(C)OC(=O)c2cn(C(=O)c3c[nH]c4ccccc34)c3ccccc23)C1. The maximum Gasteiger partial charge on any atom is 0.340 e. The fourth-order valence-corrected chi connectivity index (χ4v) is 4.99. The number of hydrogen-bond donors (Lipinski definition) is 1. The Morgan fingerprint density at radius 2 is 1.85 bits per heavy atom. The number of likely N-dealkylation sites (tertiary alicyclic amines) is 1. The van der Waals surface area contributed by atoms with Crippen molar-refractivity contribution in [2.45, 2.75) is 32.8 Å². The van der Waals surface area contributed by atoms with Crippen LogP contribution in [0.5, 0.6) is 0 Å². The van der Waals surface area contributed by atoms with Crippen LogP contribution in [0, 0.1) is 5.92 Å². The van der Waals surface area contributed by atoms with Crippen LogP contribution in [-0.2, 0) is 4.74 Å². The van der Waals surface area contributed by atoms with E-state index in [1.165, 1.54) is 12.8 Å². The highest BCUT2D eigenvalue weighted by Crippen LogP contribution is 2.26. The Balaban J connectivity index is 1.41. The maximum atomic E-state index is 13.5. The summed E-state index contributed by atoms with van der Waals surface area (Å²) in [4.78, 5) is 32.1. The number of aromatic amines is 1. The molecule has 0 amide bonds. The summed E-state index contributed by atoms with van der Waals surface area (Å²) in [5, 5.41) is 1.57. The van der Waals surface area contributed by atoms with E-state index in [1.807, 2.05) is 55.5 Å². The molecule has 2 atom stereocenters. The number of aromatic nitrogens is 2. The van der Waals surface area contributed by atoms with Crippen LogP contribution in [0.2, 0.25) is 0 Å². The number of carbonyl (C=O) groups is 2. The first-order valence-corrected chi connectivity index (χ1v) is 11.7. The second-order valence-corrected chi connectivity index (χ2v) is 9.21. The zero-order valence-corrected chi connectivity index (χ0v) is 19.1. The zero-order valence-electron chi connectivity index (χ0n) is 19.1. The second-order valence-electron chi connectivity index (χ2n) is 9.21. The molecule has 2 unspecified atom stereocenters. The molecule has 1 N–H and O–H groups in total. The van der Waals surface area contributed by atoms with Gasteiger partial charge in [0.1, 0.15) is 6.10 Å². The number of rotatable bonds is 5. The number of benzene rings is 2. The van der Waals surface area contributed by atoms with Crippen molar-refractivity contribution >= 4 is 33.7 Å². The summed E-state index contributed by atoms with van der Waals surface area (Å²) in [5.41, 5.74) is 2.58. The van der Waals surface area contributed by atoms with Crippen LogP contribution in [0.15, 0.2) is 60.9 Å². The maximum absolute atomic E-state index is 13.5. The molecule has 1 saturated heterocycles. The van der Waals surface area contributed by atoms with Crippen LogP contribution < -0.4 is 0 Å². The molecule has 1 fully saturated rings. The highest BCUT2D eigenvalue weighted by molar-refractivity contribution is 6.13. The van der Waals surface area contributed by atoms with Gasteiger partial charge in [-0.1, -0.05) is 43.3 Å². The molecular formula is C27H29N3O3. The van der Waals surface area contributed by atoms with Crippen LogP contribution in [0.1, 0.15) is 47.4 Å². The normalized spacial score (nSPS) is 17.9. The summed E-state index contributed by atoms with van der Waals surface area (Å²) in [7, 11) is 0. The lowest BCUT2D eigenvalue weighted by Gasteiger charge is -2.32. The van der Waals surface area contributed by atoms with E-state index in [-0.39, 0.29) is 12.0 Å². The summed E-state index contributed by atoms with van der Waals surface area (Å²) in [6.07, 6.45) is 5.56. The zero-order chi connectivity index (χ0) is 22.9. The quantitative estimate of drug-likeness (QED) is 0.437. The third kappa shape index (κ3) is 4.18. The van der Waals surface area contributed by atoms with Gasteiger partial charge in [-0.05, 0) is 44.4 Å². The molecule has 6 nitrogen and oxygen atoms in total. The van der Waals surface area contributed by atoms with Gasteiger partial charge in [-0.25, -0.2) is 4.79 Å². The second kappa shape index (κ2) is 8.87. The standard InChI is InChI=1S/C27H29N3O3/c1-18-8-7-13-29(15-18)16-19(2)33-27(32)23-17-30(25-12-6-4-10-21(23)25)26(31)22-14-28-24-11-5-3-9-20(22)24/h3-6,9-12,14,17-19,28H,7-8,13,15-16H2,1-2H3. The van der Waals surface area contributed by atoms with Gasteiger partial charge in [-0.2, -0.15) is 0 Å². The van der Waals surface area contributed by atoms with E-state index < -0.39 is 5.97 Å². The Kier molecular flexibility index (Phi) is 5.77. The molecule has 2 aromatic heterocycles. The molecule has 0 aliphatic carbocycles. The van der Waals surface area contributed by atoms with Gasteiger partial charge in [0.15, 0.2) is 0 Å². The number of fused-ring (bicyclic) bond motifs is 2. The number of carbonyl (C=O) groups excluding carboxylic acids is 2. The number of ether oxygens (including phenoxy) is 1. The van der Waals surface area contributed by atoms with Gasteiger partial charge in [-0.3, -0.25) is 14.3 Å². The van der Waals surface area contributed by atoms with Crippen molar-refractivity contribution in [3.05, 3.63) is 72.1 Å². The third-order valence-electron chi connectivity index (χ3n) is 6.53. The lowest BCUT2D eigenvalue weighted by atomic mass is 10.0. The van der Waals surface area contributed by atoms with Crippen LogP contribution in [-0.4, -0.2) is 52.1 Å². The molecule has 0 bridgehead atoms. The fraction of sp³-hybridized carbons (Fsp3) is 0.333. The van der Waals surface area contributed by atoms with Crippen LogP contribution in [0.4, 0.5) is 0 Å². The number of para-hydroxylation sites is 2. The van der Waals surface area contributed by atoms with E-state index in [4.69, 9.17) is 4.74 Å². The largest absolute Gasteiger partial charge is 0.458 e. The third-order valence-corrected chi connectivity index (χ3v) is 6.53. The molecule has 170 valence electrons. The van der Waals surface area contributed by atoms with Gasteiger partial charge < -0.3 is 9.72 Å². The summed E-state index contributed by atoms with van der Waals surface area (Å²) >= 11 is 0.